The Bertz CT molecular complexity index is 414. The van der Waals surface area contributed by atoms with Crippen molar-refractivity contribution in [1.82, 2.24) is 4.72 Å². The van der Waals surface area contributed by atoms with Crippen LogP contribution < -0.4 is 4.72 Å². The van der Waals surface area contributed by atoms with E-state index in [0.717, 1.165) is 44.9 Å². The Hall–Kier alpha value is -0.620. The van der Waals surface area contributed by atoms with Crippen LogP contribution in [0.1, 0.15) is 51.4 Å². The normalized spacial score (nSPS) is 29.5. The van der Waals surface area contributed by atoms with Gasteiger partial charge in [0.25, 0.3) is 0 Å². The monoisotopic (exact) mass is 289 g/mol. The van der Waals surface area contributed by atoms with Crippen molar-refractivity contribution in [1.29, 1.82) is 0 Å². The predicted molar refractivity (Wildman–Crippen MR) is 72.3 cm³/mol. The molecule has 0 aliphatic heterocycles. The number of nitrogens with one attached hydrogen (secondary N) is 1. The minimum atomic E-state index is -3.25. The van der Waals surface area contributed by atoms with Gasteiger partial charge in [0.15, 0.2) is 0 Å². The molecule has 19 heavy (non-hydrogen) atoms. The van der Waals surface area contributed by atoms with Crippen LogP contribution in [0.2, 0.25) is 0 Å². The third kappa shape index (κ3) is 3.69. The fourth-order valence-electron chi connectivity index (χ4n) is 3.32. The first kappa shape index (κ1) is 14.8. The van der Waals surface area contributed by atoms with E-state index in [9.17, 15) is 18.3 Å². The quantitative estimate of drug-likeness (QED) is 0.807. The summed E-state index contributed by atoms with van der Waals surface area (Å²) < 4.78 is 26.9. The lowest BCUT2D eigenvalue weighted by Gasteiger charge is -2.29. The molecule has 2 atom stereocenters. The molecule has 0 bridgehead atoms. The van der Waals surface area contributed by atoms with Gasteiger partial charge in [-0.15, -0.1) is 0 Å². The largest absolute Gasteiger partial charge is 0.481 e. The number of carbonyl (C=O) groups is 1. The Morgan fingerprint density at radius 3 is 2.26 bits per heavy atom. The molecule has 0 radical (unpaired) electrons. The molecule has 0 saturated heterocycles. The minimum absolute atomic E-state index is 0.0533. The van der Waals surface area contributed by atoms with Crippen molar-refractivity contribution in [2.45, 2.75) is 56.6 Å². The van der Waals surface area contributed by atoms with Crippen LogP contribution >= 0.6 is 0 Å². The molecule has 2 saturated carbocycles. The lowest BCUT2D eigenvalue weighted by Crippen LogP contribution is -2.40. The second kappa shape index (κ2) is 6.22. The zero-order valence-electron chi connectivity index (χ0n) is 11.2. The molecule has 0 aromatic heterocycles. The van der Waals surface area contributed by atoms with Crippen LogP contribution in [0.15, 0.2) is 0 Å². The summed E-state index contributed by atoms with van der Waals surface area (Å²) in [7, 11) is -3.25. The van der Waals surface area contributed by atoms with Crippen molar-refractivity contribution in [3.8, 4) is 0 Å². The van der Waals surface area contributed by atoms with Crippen molar-refractivity contribution in [2.24, 2.45) is 11.8 Å². The van der Waals surface area contributed by atoms with E-state index in [1.165, 1.54) is 0 Å². The molecule has 0 amide bonds. The molecule has 110 valence electrons. The minimum Gasteiger partial charge on any atom is -0.481 e. The van der Waals surface area contributed by atoms with Gasteiger partial charge in [-0.3, -0.25) is 4.79 Å². The summed E-state index contributed by atoms with van der Waals surface area (Å²) in [6.07, 6.45) is 6.85. The van der Waals surface area contributed by atoms with Gasteiger partial charge >= 0.3 is 5.97 Å². The number of sulfonamides is 1. The van der Waals surface area contributed by atoms with Gasteiger partial charge < -0.3 is 5.11 Å². The molecule has 0 aromatic rings. The van der Waals surface area contributed by atoms with Crippen molar-refractivity contribution in [3.05, 3.63) is 0 Å². The molecule has 6 heteroatoms. The molecule has 0 aromatic carbocycles. The van der Waals surface area contributed by atoms with Crippen LogP contribution in [0, 0.1) is 11.8 Å². The van der Waals surface area contributed by atoms with E-state index in [4.69, 9.17) is 0 Å². The molecular weight excluding hydrogens is 266 g/mol. The maximum atomic E-state index is 12.1. The summed E-state index contributed by atoms with van der Waals surface area (Å²) in [4.78, 5) is 11.2. The number of rotatable bonds is 5. The average Bonchev–Trinajstić information content (AvgIpc) is 2.91. The second-order valence-corrected chi connectivity index (χ2v) is 7.83. The summed E-state index contributed by atoms with van der Waals surface area (Å²) in [6.45, 7) is 0.288. The Balaban J connectivity index is 1.91. The van der Waals surface area contributed by atoms with Gasteiger partial charge in [0.05, 0.1) is 11.2 Å². The summed E-state index contributed by atoms with van der Waals surface area (Å²) in [5.74, 6) is -1.23. The van der Waals surface area contributed by atoms with Crippen molar-refractivity contribution >= 4 is 16.0 Å². The molecule has 2 aliphatic carbocycles. The van der Waals surface area contributed by atoms with E-state index in [1.807, 2.05) is 0 Å². The number of hydrogen-bond acceptors (Lipinski definition) is 3. The van der Waals surface area contributed by atoms with Gasteiger partial charge in [-0.05, 0) is 31.6 Å². The predicted octanol–water partition coefficient (Wildman–Crippen LogP) is 1.74. The first-order valence-corrected chi connectivity index (χ1v) is 8.76. The van der Waals surface area contributed by atoms with Crippen LogP contribution in [-0.4, -0.2) is 31.3 Å². The maximum absolute atomic E-state index is 12.1. The van der Waals surface area contributed by atoms with E-state index in [-0.39, 0.29) is 23.6 Å². The van der Waals surface area contributed by atoms with Crippen molar-refractivity contribution in [2.75, 3.05) is 6.54 Å². The molecule has 2 aliphatic rings. The smallest absolute Gasteiger partial charge is 0.306 e. The number of aliphatic carboxylic acids is 1. The summed E-state index contributed by atoms with van der Waals surface area (Å²) >= 11 is 0. The second-order valence-electron chi connectivity index (χ2n) is 5.79. The highest BCUT2D eigenvalue weighted by Gasteiger charge is 2.33. The van der Waals surface area contributed by atoms with Crippen LogP contribution in [-0.2, 0) is 14.8 Å². The van der Waals surface area contributed by atoms with Gasteiger partial charge in [-0.25, -0.2) is 13.1 Å². The SMILES string of the molecule is O=C(O)C1CCCCC1CNS(=O)(=O)C1CCCC1. The van der Waals surface area contributed by atoms with E-state index in [1.54, 1.807) is 0 Å². The number of carboxylic acids is 1. The molecule has 2 fully saturated rings. The third-order valence-corrected chi connectivity index (χ3v) is 6.43. The van der Waals surface area contributed by atoms with E-state index in [0.29, 0.717) is 6.42 Å². The van der Waals surface area contributed by atoms with E-state index < -0.39 is 16.0 Å². The zero-order chi connectivity index (χ0) is 13.9. The van der Waals surface area contributed by atoms with Gasteiger partial charge in [0.1, 0.15) is 0 Å². The zero-order valence-corrected chi connectivity index (χ0v) is 12.0. The summed E-state index contributed by atoms with van der Waals surface area (Å²) in [5.41, 5.74) is 0. The van der Waals surface area contributed by atoms with Crippen molar-refractivity contribution < 1.29 is 18.3 Å². The Morgan fingerprint density at radius 2 is 1.63 bits per heavy atom. The number of carboxylic acid groups (broad SMARTS) is 1. The topological polar surface area (TPSA) is 83.5 Å². The maximum Gasteiger partial charge on any atom is 0.306 e. The van der Waals surface area contributed by atoms with Gasteiger partial charge in [0, 0.05) is 6.54 Å². The first-order valence-electron chi connectivity index (χ1n) is 7.22. The molecule has 0 spiro atoms. The standard InChI is InChI=1S/C13H23NO4S/c15-13(16)12-8-4-1-5-10(12)9-14-19(17,18)11-6-2-3-7-11/h10-12,14H,1-9H2,(H,15,16). The average molecular weight is 289 g/mol. The lowest BCUT2D eigenvalue weighted by molar-refractivity contribution is -0.144. The summed E-state index contributed by atoms with van der Waals surface area (Å²) in [6, 6.07) is 0. The molecular formula is C13H23NO4S. The highest BCUT2D eigenvalue weighted by molar-refractivity contribution is 7.90. The van der Waals surface area contributed by atoms with Gasteiger partial charge in [-0.2, -0.15) is 0 Å². The Morgan fingerprint density at radius 1 is 1.05 bits per heavy atom. The van der Waals surface area contributed by atoms with Crippen LogP contribution in [0.3, 0.4) is 0 Å². The fraction of sp³-hybridized carbons (Fsp3) is 0.923. The molecule has 0 heterocycles. The van der Waals surface area contributed by atoms with Gasteiger partial charge in [0.2, 0.25) is 10.0 Å². The fourth-order valence-corrected chi connectivity index (χ4v) is 4.95. The molecule has 5 nitrogen and oxygen atoms in total. The highest BCUT2D eigenvalue weighted by atomic mass is 32.2. The Kier molecular flexibility index (Phi) is 4.84. The first-order chi connectivity index (χ1) is 9.00. The van der Waals surface area contributed by atoms with E-state index in [2.05, 4.69) is 4.72 Å². The van der Waals surface area contributed by atoms with E-state index >= 15 is 0 Å². The number of hydrogen-bond donors (Lipinski definition) is 2. The highest BCUT2D eigenvalue weighted by Crippen LogP contribution is 2.30. The van der Waals surface area contributed by atoms with Crippen LogP contribution in [0.4, 0.5) is 0 Å². The molecule has 2 N–H and O–H groups in total. The van der Waals surface area contributed by atoms with Crippen LogP contribution in [0.5, 0.6) is 0 Å². The summed E-state index contributed by atoms with van der Waals surface area (Å²) in [5, 5.41) is 8.91. The van der Waals surface area contributed by atoms with Gasteiger partial charge in [-0.1, -0.05) is 25.7 Å². The van der Waals surface area contributed by atoms with Crippen LogP contribution in [0.25, 0.3) is 0 Å². The third-order valence-electron chi connectivity index (χ3n) is 4.51. The molecule has 2 rings (SSSR count). The molecule has 2 unspecified atom stereocenters. The lowest BCUT2D eigenvalue weighted by atomic mass is 9.79. The van der Waals surface area contributed by atoms with Crippen molar-refractivity contribution in [3.63, 3.8) is 0 Å². The Labute approximate surface area is 114 Å².